The molecule has 0 saturated heterocycles. The molecule has 1 heterocycles. The van der Waals surface area contributed by atoms with Crippen molar-refractivity contribution in [3.63, 3.8) is 0 Å². The molecule has 0 saturated carbocycles. The van der Waals surface area contributed by atoms with Gasteiger partial charge < -0.3 is 5.73 Å². The van der Waals surface area contributed by atoms with Gasteiger partial charge in [0.05, 0.1) is 5.69 Å². The maximum absolute atomic E-state index is 11.5. The first-order chi connectivity index (χ1) is 10.1. The zero-order valence-electron chi connectivity index (χ0n) is 11.2. The van der Waals surface area contributed by atoms with Crippen LogP contribution in [0.15, 0.2) is 54.6 Å². The fraction of sp³-hybridized carbons (Fsp3) is 0.0588. The van der Waals surface area contributed by atoms with Gasteiger partial charge in [-0.15, -0.1) is 0 Å². The summed E-state index contributed by atoms with van der Waals surface area (Å²) in [5.41, 5.74) is 7.75. The Hall–Kier alpha value is -1.95. The van der Waals surface area contributed by atoms with Gasteiger partial charge in [-0.3, -0.25) is 4.79 Å². The summed E-state index contributed by atoms with van der Waals surface area (Å²) in [5, 5.41) is 2.04. The predicted molar refractivity (Wildman–Crippen MR) is 92.2 cm³/mol. The summed E-state index contributed by atoms with van der Waals surface area (Å²) in [7, 11) is 0. The van der Waals surface area contributed by atoms with Crippen molar-refractivity contribution in [2.75, 3.05) is 0 Å². The summed E-state index contributed by atoms with van der Waals surface area (Å²) in [6.07, 6.45) is 0.679. The molecular formula is C17H13IN2O. The van der Waals surface area contributed by atoms with Crippen LogP contribution in [0.1, 0.15) is 21.7 Å². The van der Waals surface area contributed by atoms with Crippen molar-refractivity contribution < 1.29 is 4.79 Å². The molecule has 2 N–H and O–H groups in total. The molecule has 3 nitrogen and oxygen atoms in total. The van der Waals surface area contributed by atoms with Crippen LogP contribution >= 0.6 is 22.6 Å². The van der Waals surface area contributed by atoms with Crippen LogP contribution in [0.3, 0.4) is 0 Å². The van der Waals surface area contributed by atoms with E-state index in [9.17, 15) is 4.79 Å². The van der Waals surface area contributed by atoms with Crippen LogP contribution in [-0.4, -0.2) is 10.9 Å². The fourth-order valence-electron chi connectivity index (χ4n) is 2.37. The molecule has 0 aliphatic heterocycles. The first-order valence-corrected chi connectivity index (χ1v) is 7.64. The van der Waals surface area contributed by atoms with Crippen LogP contribution in [-0.2, 0) is 6.42 Å². The maximum Gasteiger partial charge on any atom is 0.267 e. The van der Waals surface area contributed by atoms with E-state index >= 15 is 0 Å². The minimum atomic E-state index is -0.496. The van der Waals surface area contributed by atoms with Crippen molar-refractivity contribution >= 4 is 39.3 Å². The van der Waals surface area contributed by atoms with Crippen molar-refractivity contribution in [2.45, 2.75) is 6.42 Å². The van der Waals surface area contributed by atoms with Gasteiger partial charge in [-0.05, 0) is 51.7 Å². The summed E-state index contributed by atoms with van der Waals surface area (Å²) in [6.45, 7) is 0. The zero-order valence-corrected chi connectivity index (χ0v) is 13.4. The quantitative estimate of drug-likeness (QED) is 0.698. The Labute approximate surface area is 136 Å². The molecule has 104 valence electrons. The second-order valence-electron chi connectivity index (χ2n) is 4.85. The Morgan fingerprint density at radius 3 is 2.67 bits per heavy atom. The Bertz CT molecular complexity index is 830. The number of fused-ring (bicyclic) bond motifs is 1. The van der Waals surface area contributed by atoms with Crippen LogP contribution in [0.5, 0.6) is 0 Å². The molecule has 2 aromatic carbocycles. The standard InChI is InChI=1S/C17H13IN2O/c18-13-6-3-4-11(8-13)9-15-14-7-2-1-5-12(14)10-16(20-15)17(19)21/h1-8,10H,9H2,(H2,19,21). The first-order valence-electron chi connectivity index (χ1n) is 6.56. The highest BCUT2D eigenvalue weighted by Gasteiger charge is 2.10. The van der Waals surface area contributed by atoms with Gasteiger partial charge in [0.25, 0.3) is 5.91 Å². The lowest BCUT2D eigenvalue weighted by atomic mass is 10.0. The van der Waals surface area contributed by atoms with Gasteiger partial charge in [0, 0.05) is 15.4 Å². The first kappa shape index (κ1) is 14.0. The summed E-state index contributed by atoms with van der Waals surface area (Å²) in [4.78, 5) is 15.9. The van der Waals surface area contributed by atoms with Crippen LogP contribution < -0.4 is 5.73 Å². The van der Waals surface area contributed by atoms with Crippen LogP contribution in [0, 0.1) is 3.57 Å². The Balaban J connectivity index is 2.13. The summed E-state index contributed by atoms with van der Waals surface area (Å²) in [6, 6.07) is 17.9. The van der Waals surface area contributed by atoms with Crippen molar-refractivity contribution in [1.29, 1.82) is 0 Å². The van der Waals surface area contributed by atoms with E-state index in [2.05, 4.69) is 45.8 Å². The number of nitrogens with two attached hydrogens (primary N) is 1. The van der Waals surface area contributed by atoms with E-state index in [0.29, 0.717) is 12.1 Å². The topological polar surface area (TPSA) is 56.0 Å². The van der Waals surface area contributed by atoms with E-state index < -0.39 is 5.91 Å². The van der Waals surface area contributed by atoms with E-state index in [1.807, 2.05) is 30.3 Å². The molecule has 1 aromatic heterocycles. The molecule has 0 spiro atoms. The third-order valence-corrected chi connectivity index (χ3v) is 4.00. The molecule has 21 heavy (non-hydrogen) atoms. The van der Waals surface area contributed by atoms with Crippen LogP contribution in [0.25, 0.3) is 10.8 Å². The number of carbonyl (C=O) groups excluding carboxylic acids is 1. The van der Waals surface area contributed by atoms with Gasteiger partial charge in [-0.2, -0.15) is 0 Å². The number of benzene rings is 2. The lowest BCUT2D eigenvalue weighted by molar-refractivity contribution is 0.0995. The molecule has 1 amide bonds. The molecule has 0 fully saturated rings. The monoisotopic (exact) mass is 388 g/mol. The molecule has 0 aliphatic rings. The number of pyridine rings is 1. The van der Waals surface area contributed by atoms with Crippen molar-refractivity contribution in [3.05, 3.63) is 75.1 Å². The minimum absolute atomic E-state index is 0.314. The third kappa shape index (κ3) is 3.05. The fourth-order valence-corrected chi connectivity index (χ4v) is 2.98. The SMILES string of the molecule is NC(=O)c1cc2ccccc2c(Cc2cccc(I)c2)n1. The van der Waals surface area contributed by atoms with E-state index in [4.69, 9.17) is 5.73 Å². The number of halogens is 1. The number of aromatic nitrogens is 1. The zero-order chi connectivity index (χ0) is 14.8. The average molecular weight is 388 g/mol. The molecule has 3 rings (SSSR count). The van der Waals surface area contributed by atoms with Gasteiger partial charge in [0.2, 0.25) is 0 Å². The molecule has 3 aromatic rings. The molecule has 0 bridgehead atoms. The summed E-state index contributed by atoms with van der Waals surface area (Å²) >= 11 is 2.29. The van der Waals surface area contributed by atoms with E-state index in [-0.39, 0.29) is 0 Å². The number of primary amides is 1. The Kier molecular flexibility index (Phi) is 3.88. The highest BCUT2D eigenvalue weighted by molar-refractivity contribution is 14.1. The van der Waals surface area contributed by atoms with E-state index in [0.717, 1.165) is 16.5 Å². The number of hydrogen-bond donors (Lipinski definition) is 1. The van der Waals surface area contributed by atoms with Crippen molar-refractivity contribution in [2.24, 2.45) is 5.73 Å². The molecule has 0 aliphatic carbocycles. The normalized spacial score (nSPS) is 10.7. The van der Waals surface area contributed by atoms with Gasteiger partial charge in [0.1, 0.15) is 5.69 Å². The number of rotatable bonds is 3. The maximum atomic E-state index is 11.5. The number of nitrogens with zero attached hydrogens (tertiary/aromatic N) is 1. The van der Waals surface area contributed by atoms with E-state index in [1.165, 1.54) is 9.13 Å². The Morgan fingerprint density at radius 2 is 1.90 bits per heavy atom. The summed E-state index contributed by atoms with van der Waals surface area (Å²) in [5.74, 6) is -0.496. The Morgan fingerprint density at radius 1 is 1.10 bits per heavy atom. The number of amides is 1. The van der Waals surface area contributed by atoms with Gasteiger partial charge >= 0.3 is 0 Å². The van der Waals surface area contributed by atoms with Gasteiger partial charge in [-0.25, -0.2) is 4.98 Å². The molecule has 0 radical (unpaired) electrons. The molecular weight excluding hydrogens is 375 g/mol. The lowest BCUT2D eigenvalue weighted by Gasteiger charge is -2.08. The van der Waals surface area contributed by atoms with Crippen LogP contribution in [0.4, 0.5) is 0 Å². The largest absolute Gasteiger partial charge is 0.364 e. The second-order valence-corrected chi connectivity index (χ2v) is 6.09. The van der Waals surface area contributed by atoms with Crippen LogP contribution in [0.2, 0.25) is 0 Å². The highest BCUT2D eigenvalue weighted by Crippen LogP contribution is 2.21. The van der Waals surface area contributed by atoms with E-state index in [1.54, 1.807) is 6.07 Å². The van der Waals surface area contributed by atoms with Crippen molar-refractivity contribution in [1.82, 2.24) is 4.98 Å². The highest BCUT2D eigenvalue weighted by atomic mass is 127. The third-order valence-electron chi connectivity index (χ3n) is 3.33. The molecule has 0 atom stereocenters. The molecule has 0 unspecified atom stereocenters. The minimum Gasteiger partial charge on any atom is -0.364 e. The van der Waals surface area contributed by atoms with Crippen molar-refractivity contribution in [3.8, 4) is 0 Å². The predicted octanol–water partition coefficient (Wildman–Crippen LogP) is 3.53. The second kappa shape index (κ2) is 5.81. The smallest absolute Gasteiger partial charge is 0.267 e. The number of hydrogen-bond acceptors (Lipinski definition) is 2. The number of carbonyl (C=O) groups is 1. The van der Waals surface area contributed by atoms with Gasteiger partial charge in [-0.1, -0.05) is 36.4 Å². The average Bonchev–Trinajstić information content (AvgIpc) is 2.47. The van der Waals surface area contributed by atoms with Gasteiger partial charge in [0.15, 0.2) is 0 Å². The molecule has 4 heteroatoms. The lowest BCUT2D eigenvalue weighted by Crippen LogP contribution is -2.14. The summed E-state index contributed by atoms with van der Waals surface area (Å²) < 4.78 is 1.18.